The molecule has 2 heterocycles. The Bertz CT molecular complexity index is 1150. The van der Waals surface area contributed by atoms with Crippen molar-refractivity contribution in [1.29, 1.82) is 0 Å². The van der Waals surface area contributed by atoms with E-state index in [1.165, 1.54) is 32.6 Å². The largest absolute Gasteiger partial charge is 0.456 e. The molecular weight excluding hydrogens is 373 g/mol. The van der Waals surface area contributed by atoms with E-state index in [9.17, 15) is 0 Å². The number of benzene rings is 3. The molecule has 5 rings (SSSR count). The van der Waals surface area contributed by atoms with Gasteiger partial charge in [0.05, 0.1) is 33.9 Å². The van der Waals surface area contributed by atoms with Gasteiger partial charge in [0.15, 0.2) is 0 Å². The Morgan fingerprint density at radius 1 is 0.667 bits per heavy atom. The van der Waals surface area contributed by atoms with Crippen LogP contribution in [-0.2, 0) is 0 Å². The van der Waals surface area contributed by atoms with Crippen LogP contribution in [0.2, 0.25) is 0 Å². The number of nitrogens with zero attached hydrogens (tertiary/aromatic N) is 1. The van der Waals surface area contributed by atoms with Crippen molar-refractivity contribution >= 4 is 66.6 Å². The van der Waals surface area contributed by atoms with E-state index in [0.717, 1.165) is 11.2 Å². The van der Waals surface area contributed by atoms with E-state index in [0.29, 0.717) is 0 Å². The number of halogens is 1. The Morgan fingerprint density at radius 2 is 1.43 bits per heavy atom. The number of hydrogen-bond acceptors (Lipinski definition) is 1. The molecule has 0 saturated heterocycles. The summed E-state index contributed by atoms with van der Waals surface area (Å²) in [5, 5.41) is 4.93. The Labute approximate surface area is 134 Å². The third-order valence-corrected chi connectivity index (χ3v) is 5.15. The van der Waals surface area contributed by atoms with E-state index in [-0.39, 0.29) is 0 Å². The molecule has 2 nitrogen and oxygen atoms in total. The summed E-state index contributed by atoms with van der Waals surface area (Å²) in [6.45, 7) is 0. The molecule has 3 aromatic carbocycles. The third kappa shape index (κ3) is 1.47. The molecule has 0 amide bonds. The Morgan fingerprint density at radius 3 is 2.33 bits per heavy atom. The van der Waals surface area contributed by atoms with Gasteiger partial charge in [-0.05, 0) is 18.2 Å². The lowest BCUT2D eigenvalue weighted by Gasteiger charge is -1.95. The molecule has 0 atom stereocenters. The summed E-state index contributed by atoms with van der Waals surface area (Å²) < 4.78 is 8.20. The van der Waals surface area contributed by atoms with Crippen molar-refractivity contribution in [3.8, 4) is 0 Å². The maximum atomic E-state index is 5.99. The van der Waals surface area contributed by atoms with Gasteiger partial charge in [-0.2, -0.15) is 0 Å². The van der Waals surface area contributed by atoms with Crippen LogP contribution in [0.5, 0.6) is 0 Å². The SMILES string of the molecule is In1c2ccccc2c2cc3c(cc21)oc1ccccc13. The summed E-state index contributed by atoms with van der Waals surface area (Å²) >= 11 is 2.36. The van der Waals surface area contributed by atoms with E-state index < -0.39 is 0 Å². The van der Waals surface area contributed by atoms with Gasteiger partial charge < -0.3 is 4.42 Å². The average molecular weight is 383 g/mol. The van der Waals surface area contributed by atoms with Crippen molar-refractivity contribution in [1.82, 2.24) is 2.78 Å². The van der Waals surface area contributed by atoms with Crippen LogP contribution < -0.4 is 0 Å². The second-order valence-corrected chi connectivity index (χ2v) is 6.23. The van der Waals surface area contributed by atoms with Crippen LogP contribution in [0, 0.1) is 0 Å². The van der Waals surface area contributed by atoms with E-state index in [1.807, 2.05) is 12.1 Å². The molecule has 0 N–H and O–H groups in total. The lowest BCUT2D eigenvalue weighted by Crippen LogP contribution is -1.76. The maximum Gasteiger partial charge on any atom is 0.137 e. The first kappa shape index (κ1) is 11.6. The predicted molar refractivity (Wildman–Crippen MR) is 96.1 cm³/mol. The normalized spacial score (nSPS) is 12.0. The molecule has 0 saturated carbocycles. The topological polar surface area (TPSA) is 18.1 Å². The highest BCUT2D eigenvalue weighted by atomic mass is 127. The first-order valence-electron chi connectivity index (χ1n) is 6.83. The third-order valence-electron chi connectivity index (χ3n) is 4.11. The number of hydrogen-bond donors (Lipinski definition) is 0. The summed E-state index contributed by atoms with van der Waals surface area (Å²) in [5.41, 5.74) is 4.34. The van der Waals surface area contributed by atoms with Crippen LogP contribution in [0.3, 0.4) is 0 Å². The molecule has 0 aliphatic rings. The molecule has 0 unspecified atom stereocenters. The minimum absolute atomic E-state index is 0.949. The van der Waals surface area contributed by atoms with E-state index in [2.05, 4.69) is 74.2 Å². The van der Waals surface area contributed by atoms with E-state index >= 15 is 0 Å². The molecule has 21 heavy (non-hydrogen) atoms. The van der Waals surface area contributed by atoms with E-state index in [1.54, 1.807) is 0 Å². The Balaban J connectivity index is 2.08. The molecule has 3 heteroatoms. The van der Waals surface area contributed by atoms with Crippen LogP contribution in [0.15, 0.2) is 65.1 Å². The zero-order chi connectivity index (χ0) is 14.0. The minimum atomic E-state index is 0.949. The molecule has 0 aliphatic heterocycles. The average Bonchev–Trinajstić information content (AvgIpc) is 3.02. The number of fused-ring (bicyclic) bond motifs is 6. The number of para-hydroxylation sites is 2. The first-order chi connectivity index (χ1) is 10.3. The minimum Gasteiger partial charge on any atom is -0.456 e. The summed E-state index contributed by atoms with van der Waals surface area (Å²) in [6.07, 6.45) is 0. The fourth-order valence-electron chi connectivity index (χ4n) is 3.14. The Kier molecular flexibility index (Phi) is 2.22. The maximum absolute atomic E-state index is 5.99. The fraction of sp³-hybridized carbons (Fsp3) is 0. The van der Waals surface area contributed by atoms with Crippen molar-refractivity contribution < 1.29 is 4.42 Å². The van der Waals surface area contributed by atoms with E-state index in [4.69, 9.17) is 4.42 Å². The summed E-state index contributed by atoms with van der Waals surface area (Å²) in [7, 11) is 0. The molecule has 0 radical (unpaired) electrons. The lowest BCUT2D eigenvalue weighted by atomic mass is 10.1. The van der Waals surface area contributed by atoms with Crippen LogP contribution in [-0.4, -0.2) is 2.78 Å². The zero-order valence-corrected chi connectivity index (χ0v) is 13.2. The van der Waals surface area contributed by atoms with Crippen molar-refractivity contribution in [2.24, 2.45) is 0 Å². The monoisotopic (exact) mass is 383 g/mol. The second-order valence-electron chi connectivity index (χ2n) is 5.26. The van der Waals surface area contributed by atoms with Crippen molar-refractivity contribution in [3.05, 3.63) is 60.7 Å². The second kappa shape index (κ2) is 4.01. The first-order valence-corrected chi connectivity index (χ1v) is 7.80. The van der Waals surface area contributed by atoms with Crippen LogP contribution in [0.4, 0.5) is 0 Å². The quantitative estimate of drug-likeness (QED) is 0.305. The molecule has 0 aliphatic carbocycles. The van der Waals surface area contributed by atoms with Crippen LogP contribution in [0.1, 0.15) is 0 Å². The van der Waals surface area contributed by atoms with Gasteiger partial charge in [-0.15, -0.1) is 0 Å². The zero-order valence-electron chi connectivity index (χ0n) is 11.0. The summed E-state index contributed by atoms with van der Waals surface area (Å²) in [5.74, 6) is 0. The highest BCUT2D eigenvalue weighted by Crippen LogP contribution is 2.37. The van der Waals surface area contributed by atoms with Gasteiger partial charge in [-0.1, -0.05) is 36.4 Å². The standard InChI is InChI=1S/C18H10INO/c19-20-15-7-3-1-5-11(15)13-9-14-12-6-2-4-8-17(12)21-18(14)10-16(13)20/h1-10H. The molecule has 2 aromatic heterocycles. The van der Waals surface area contributed by atoms with Gasteiger partial charge in [-0.3, -0.25) is 2.78 Å². The van der Waals surface area contributed by atoms with Crippen molar-refractivity contribution in [3.63, 3.8) is 0 Å². The van der Waals surface area contributed by atoms with Gasteiger partial charge in [-0.25, -0.2) is 0 Å². The van der Waals surface area contributed by atoms with Crippen LogP contribution >= 0.6 is 22.9 Å². The predicted octanol–water partition coefficient (Wildman–Crippen LogP) is 5.89. The van der Waals surface area contributed by atoms with Gasteiger partial charge >= 0.3 is 0 Å². The smallest absolute Gasteiger partial charge is 0.137 e. The van der Waals surface area contributed by atoms with Gasteiger partial charge in [0.2, 0.25) is 0 Å². The molecule has 0 spiro atoms. The highest BCUT2D eigenvalue weighted by Gasteiger charge is 2.13. The lowest BCUT2D eigenvalue weighted by molar-refractivity contribution is 0.669. The number of rotatable bonds is 0. The molecule has 100 valence electrons. The van der Waals surface area contributed by atoms with Crippen LogP contribution in [0.25, 0.3) is 43.7 Å². The van der Waals surface area contributed by atoms with Gasteiger partial charge in [0.1, 0.15) is 11.2 Å². The summed E-state index contributed by atoms with van der Waals surface area (Å²) in [4.78, 5) is 0. The molecular formula is C18H10INO. The number of furan rings is 1. The van der Waals surface area contributed by atoms with Gasteiger partial charge in [0, 0.05) is 27.6 Å². The van der Waals surface area contributed by atoms with Gasteiger partial charge in [0.25, 0.3) is 0 Å². The molecule has 0 bridgehead atoms. The molecule has 0 fully saturated rings. The van der Waals surface area contributed by atoms with Crippen molar-refractivity contribution in [2.45, 2.75) is 0 Å². The fourth-order valence-corrected chi connectivity index (χ4v) is 3.96. The molecule has 5 aromatic rings. The highest BCUT2D eigenvalue weighted by molar-refractivity contribution is 14.1. The summed E-state index contributed by atoms with van der Waals surface area (Å²) in [6, 6.07) is 21.1. The van der Waals surface area contributed by atoms with Crippen molar-refractivity contribution in [2.75, 3.05) is 0 Å². The Hall–Kier alpha value is -2.01. The number of aromatic nitrogens is 1.